The molecule has 4 rings (SSSR count). The van der Waals surface area contributed by atoms with Gasteiger partial charge in [0, 0.05) is 36.8 Å². The summed E-state index contributed by atoms with van der Waals surface area (Å²) in [5, 5.41) is 0.897. The fourth-order valence-electron chi connectivity index (χ4n) is 3.72. The Morgan fingerprint density at radius 2 is 1.81 bits per heavy atom. The summed E-state index contributed by atoms with van der Waals surface area (Å²) in [6.45, 7) is 2.36. The third kappa shape index (κ3) is 4.70. The Balaban J connectivity index is 1.56. The van der Waals surface area contributed by atoms with Crippen molar-refractivity contribution in [3.63, 3.8) is 0 Å². The van der Waals surface area contributed by atoms with Crippen molar-refractivity contribution in [3.05, 3.63) is 59.3 Å². The van der Waals surface area contributed by atoms with Gasteiger partial charge in [0.1, 0.15) is 22.3 Å². The van der Waals surface area contributed by atoms with E-state index in [2.05, 4.69) is 14.9 Å². The summed E-state index contributed by atoms with van der Waals surface area (Å²) in [5.41, 5.74) is 9.30. The number of hydrogen-bond donors (Lipinski definition) is 1. The molecule has 31 heavy (non-hydrogen) atoms. The van der Waals surface area contributed by atoms with Gasteiger partial charge in [-0.3, -0.25) is 4.90 Å². The van der Waals surface area contributed by atoms with Crippen molar-refractivity contribution in [1.82, 2.24) is 14.9 Å². The molecule has 8 heteroatoms. The second-order valence-electron chi connectivity index (χ2n) is 7.20. The summed E-state index contributed by atoms with van der Waals surface area (Å²) in [5.74, 6) is 2.71. The van der Waals surface area contributed by atoms with E-state index in [-0.39, 0.29) is 0 Å². The van der Waals surface area contributed by atoms with Crippen molar-refractivity contribution in [1.29, 1.82) is 0 Å². The average molecular weight is 439 g/mol. The average Bonchev–Trinajstić information content (AvgIpc) is 2.79. The number of nitrogens with two attached hydrogens (primary N) is 1. The van der Waals surface area contributed by atoms with Crippen LogP contribution in [-0.4, -0.2) is 42.7 Å². The third-order valence-corrected chi connectivity index (χ3v) is 6.38. The number of nitrogen functional groups attached to an aromatic ring is 1. The van der Waals surface area contributed by atoms with E-state index in [4.69, 9.17) is 19.9 Å². The van der Waals surface area contributed by atoms with Crippen LogP contribution in [0.3, 0.4) is 0 Å². The number of anilines is 1. The minimum atomic E-state index is 0.292. The van der Waals surface area contributed by atoms with Crippen molar-refractivity contribution in [2.75, 3.05) is 33.6 Å². The fourth-order valence-corrected chi connectivity index (χ4v) is 4.81. The van der Waals surface area contributed by atoms with Gasteiger partial charge >= 0.3 is 0 Å². The number of para-hydroxylation sites is 1. The van der Waals surface area contributed by atoms with Crippen molar-refractivity contribution in [2.24, 2.45) is 0 Å². The summed E-state index contributed by atoms with van der Waals surface area (Å²) in [7, 11) is 5.01. The Morgan fingerprint density at radius 3 is 2.58 bits per heavy atom. The highest BCUT2D eigenvalue weighted by Crippen LogP contribution is 2.38. The van der Waals surface area contributed by atoms with Gasteiger partial charge in [0.2, 0.25) is 5.95 Å². The molecule has 0 saturated heterocycles. The standard InChI is InChI=1S/C23H26N4O3S/c1-28-16-9-8-15(20(12-16)30-3)13-27-11-10-17-18(14-27)25-23(24)26-22(17)31-21-7-5-4-6-19(21)29-2/h4-9,12H,10-11,13-14H2,1-3H3,(H2,24,25,26). The topological polar surface area (TPSA) is 82.7 Å². The Bertz CT molecular complexity index is 1080. The lowest BCUT2D eigenvalue weighted by molar-refractivity contribution is 0.236. The lowest BCUT2D eigenvalue weighted by Crippen LogP contribution is -2.31. The van der Waals surface area contributed by atoms with Crippen LogP contribution < -0.4 is 19.9 Å². The SMILES string of the molecule is COc1ccc(CN2CCc3c(nc(N)nc3Sc3ccccc3OC)C2)c(OC)c1. The molecule has 2 N–H and O–H groups in total. The van der Waals surface area contributed by atoms with E-state index in [1.54, 1.807) is 33.1 Å². The number of aromatic nitrogens is 2. The Labute approximate surface area is 186 Å². The molecular formula is C23H26N4O3S. The van der Waals surface area contributed by atoms with E-state index in [1.807, 2.05) is 42.5 Å². The number of rotatable bonds is 7. The molecule has 3 aromatic rings. The zero-order chi connectivity index (χ0) is 21.8. The highest BCUT2D eigenvalue weighted by atomic mass is 32.2. The van der Waals surface area contributed by atoms with Gasteiger partial charge in [0.25, 0.3) is 0 Å². The van der Waals surface area contributed by atoms with Gasteiger partial charge in [-0.05, 0) is 24.6 Å². The molecule has 0 spiro atoms. The largest absolute Gasteiger partial charge is 0.497 e. The molecule has 0 bridgehead atoms. The van der Waals surface area contributed by atoms with Crippen LogP contribution >= 0.6 is 11.8 Å². The van der Waals surface area contributed by atoms with Gasteiger partial charge in [-0.25, -0.2) is 9.97 Å². The molecule has 0 unspecified atom stereocenters. The van der Waals surface area contributed by atoms with Gasteiger partial charge in [-0.15, -0.1) is 0 Å². The molecule has 0 aliphatic carbocycles. The number of benzene rings is 2. The van der Waals surface area contributed by atoms with Crippen molar-refractivity contribution < 1.29 is 14.2 Å². The summed E-state index contributed by atoms with van der Waals surface area (Å²) < 4.78 is 16.4. The zero-order valence-electron chi connectivity index (χ0n) is 17.9. The summed E-state index contributed by atoms with van der Waals surface area (Å²) in [6.07, 6.45) is 0.853. The normalized spacial score (nSPS) is 13.5. The minimum Gasteiger partial charge on any atom is -0.497 e. The predicted octanol–water partition coefficient (Wildman–Crippen LogP) is 3.79. The smallest absolute Gasteiger partial charge is 0.221 e. The van der Waals surface area contributed by atoms with Crippen molar-refractivity contribution in [2.45, 2.75) is 29.4 Å². The number of nitrogens with zero attached hydrogens (tertiary/aromatic N) is 3. The van der Waals surface area contributed by atoms with E-state index in [1.165, 1.54) is 0 Å². The van der Waals surface area contributed by atoms with Crippen LogP contribution in [0.1, 0.15) is 16.8 Å². The van der Waals surface area contributed by atoms with E-state index in [0.29, 0.717) is 12.5 Å². The zero-order valence-corrected chi connectivity index (χ0v) is 18.7. The molecule has 2 heterocycles. The van der Waals surface area contributed by atoms with E-state index in [9.17, 15) is 0 Å². The molecule has 1 aliphatic heterocycles. The first-order chi connectivity index (χ1) is 15.1. The molecule has 0 atom stereocenters. The van der Waals surface area contributed by atoms with Crippen LogP contribution in [0.25, 0.3) is 0 Å². The molecule has 7 nitrogen and oxygen atoms in total. The Morgan fingerprint density at radius 1 is 1.00 bits per heavy atom. The number of hydrogen-bond acceptors (Lipinski definition) is 8. The van der Waals surface area contributed by atoms with Gasteiger partial charge in [0.15, 0.2) is 0 Å². The van der Waals surface area contributed by atoms with E-state index >= 15 is 0 Å². The van der Waals surface area contributed by atoms with Gasteiger partial charge in [0.05, 0.1) is 31.9 Å². The molecule has 2 aromatic carbocycles. The summed E-state index contributed by atoms with van der Waals surface area (Å²) >= 11 is 1.57. The summed E-state index contributed by atoms with van der Waals surface area (Å²) in [6, 6.07) is 13.8. The minimum absolute atomic E-state index is 0.292. The molecule has 0 amide bonds. The van der Waals surface area contributed by atoms with Gasteiger partial charge in [-0.2, -0.15) is 0 Å². The molecule has 162 valence electrons. The highest BCUT2D eigenvalue weighted by molar-refractivity contribution is 7.99. The lowest BCUT2D eigenvalue weighted by Gasteiger charge is -2.29. The quantitative estimate of drug-likeness (QED) is 0.558. The maximum absolute atomic E-state index is 6.06. The van der Waals surface area contributed by atoms with Crippen LogP contribution in [0, 0.1) is 0 Å². The van der Waals surface area contributed by atoms with Crippen LogP contribution in [0.2, 0.25) is 0 Å². The van der Waals surface area contributed by atoms with Crippen LogP contribution in [-0.2, 0) is 19.5 Å². The second-order valence-corrected chi connectivity index (χ2v) is 8.23. The highest BCUT2D eigenvalue weighted by Gasteiger charge is 2.24. The van der Waals surface area contributed by atoms with Crippen LogP contribution in [0.15, 0.2) is 52.4 Å². The first-order valence-corrected chi connectivity index (χ1v) is 10.8. The lowest BCUT2D eigenvalue weighted by atomic mass is 10.1. The van der Waals surface area contributed by atoms with Gasteiger partial charge < -0.3 is 19.9 Å². The molecule has 0 fully saturated rings. The number of fused-ring (bicyclic) bond motifs is 1. The first-order valence-electron chi connectivity index (χ1n) is 10.0. The first kappa shape index (κ1) is 21.3. The predicted molar refractivity (Wildman–Crippen MR) is 121 cm³/mol. The molecule has 0 radical (unpaired) electrons. The van der Waals surface area contributed by atoms with Crippen LogP contribution in [0.5, 0.6) is 17.2 Å². The maximum atomic E-state index is 6.06. The summed E-state index contributed by atoms with van der Waals surface area (Å²) in [4.78, 5) is 12.4. The molecule has 1 aliphatic rings. The Kier molecular flexibility index (Phi) is 6.48. The molecule has 0 saturated carbocycles. The monoisotopic (exact) mass is 438 g/mol. The van der Waals surface area contributed by atoms with Crippen molar-refractivity contribution in [3.8, 4) is 17.2 Å². The van der Waals surface area contributed by atoms with Crippen molar-refractivity contribution >= 4 is 17.7 Å². The van der Waals surface area contributed by atoms with Gasteiger partial charge in [-0.1, -0.05) is 30.0 Å². The number of ether oxygens (including phenoxy) is 3. The molecule has 1 aromatic heterocycles. The molecular weight excluding hydrogens is 412 g/mol. The van der Waals surface area contributed by atoms with Crippen LogP contribution in [0.4, 0.5) is 5.95 Å². The second kappa shape index (κ2) is 9.45. The maximum Gasteiger partial charge on any atom is 0.221 e. The van der Waals surface area contributed by atoms with E-state index < -0.39 is 0 Å². The third-order valence-electron chi connectivity index (χ3n) is 5.29. The van der Waals surface area contributed by atoms with E-state index in [0.717, 1.165) is 63.5 Å². The fraction of sp³-hybridized carbons (Fsp3) is 0.304. The Hall–Kier alpha value is -2.97. The number of methoxy groups -OCH3 is 3.